The van der Waals surface area contributed by atoms with Crippen molar-refractivity contribution in [2.45, 2.75) is 56.3 Å². The predicted octanol–water partition coefficient (Wildman–Crippen LogP) is 12.7. The third kappa shape index (κ3) is 7.35. The Morgan fingerprint density at radius 1 is 0.661 bits per heavy atom. The zero-order chi connectivity index (χ0) is 39.3. The molecule has 2 aromatic heterocycles. The van der Waals surface area contributed by atoms with E-state index in [1.807, 2.05) is 24.3 Å². The van der Waals surface area contributed by atoms with Gasteiger partial charge in [-0.2, -0.15) is 18.6 Å². The fraction of sp³-hybridized carbons (Fsp3) is 0.190. The highest BCUT2D eigenvalue weighted by Gasteiger charge is 2.32. The largest absolute Gasteiger partial charge is 0.294 e. The van der Waals surface area contributed by atoms with Crippen molar-refractivity contribution in [2.75, 3.05) is 0 Å². The molecule has 14 heteroatoms. The summed E-state index contributed by atoms with van der Waals surface area (Å²) in [6, 6.07) is 22.3. The van der Waals surface area contributed by atoms with Crippen LogP contribution < -0.4 is 0 Å². The van der Waals surface area contributed by atoms with Gasteiger partial charge in [-0.25, -0.2) is 18.1 Å². The smallest absolute Gasteiger partial charge is 0.282 e. The summed E-state index contributed by atoms with van der Waals surface area (Å²) in [5.41, 5.74) is 7.70. The van der Waals surface area contributed by atoms with Crippen molar-refractivity contribution in [1.82, 2.24) is 19.6 Å². The van der Waals surface area contributed by atoms with Gasteiger partial charge >= 0.3 is 0 Å². The van der Waals surface area contributed by atoms with Crippen LogP contribution in [0.25, 0.3) is 45.5 Å². The standard InChI is InChI=1S/C42H32Cl4F2N4O3S/c43-26-13-17-37(33(45)22-26)51-41-29-10-8-7-9-24(29)20-31(41)39(49-51)35(47)11-5-3-1-2-4-6-12-36(48)40-32-21-25-19-28(56(53,54)55)15-16-30(25)42(32)52(50-40)38-18-14-27(44)23-34(38)46/h7-19,22-23H,1-6,20-21H2,(H,53,54,55). The maximum atomic E-state index is 15.9. The van der Waals surface area contributed by atoms with Crippen LogP contribution in [0.4, 0.5) is 8.78 Å². The van der Waals surface area contributed by atoms with E-state index in [4.69, 9.17) is 51.5 Å². The molecule has 0 bridgehead atoms. The van der Waals surface area contributed by atoms with Crippen LogP contribution in [0.15, 0.2) is 95.9 Å². The van der Waals surface area contributed by atoms with E-state index < -0.39 is 15.9 Å². The van der Waals surface area contributed by atoms with E-state index in [2.05, 4.69) is 5.10 Å². The predicted molar refractivity (Wildman–Crippen MR) is 219 cm³/mol. The van der Waals surface area contributed by atoms with Crippen molar-refractivity contribution < 1.29 is 21.8 Å². The lowest BCUT2D eigenvalue weighted by atomic mass is 10.1. The molecule has 0 unspecified atom stereocenters. The highest BCUT2D eigenvalue weighted by atomic mass is 35.5. The average Bonchev–Trinajstić information content (AvgIpc) is 3.91. The highest BCUT2D eigenvalue weighted by molar-refractivity contribution is 7.85. The van der Waals surface area contributed by atoms with Crippen LogP contribution in [0.3, 0.4) is 0 Å². The molecule has 1 N–H and O–H groups in total. The zero-order valence-electron chi connectivity index (χ0n) is 29.5. The lowest BCUT2D eigenvalue weighted by Crippen LogP contribution is -2.02. The zero-order valence-corrected chi connectivity index (χ0v) is 33.4. The number of hydrogen-bond acceptors (Lipinski definition) is 4. The van der Waals surface area contributed by atoms with Gasteiger partial charge in [0.1, 0.15) is 23.0 Å². The molecule has 0 radical (unpaired) electrons. The number of rotatable bonds is 12. The molecule has 0 fully saturated rings. The Balaban J connectivity index is 0.931. The fourth-order valence-electron chi connectivity index (χ4n) is 7.51. The third-order valence-corrected chi connectivity index (χ3v) is 12.1. The van der Waals surface area contributed by atoms with E-state index in [1.165, 1.54) is 18.2 Å². The van der Waals surface area contributed by atoms with Gasteiger partial charge in [0.25, 0.3) is 10.1 Å². The second kappa shape index (κ2) is 15.6. The first-order chi connectivity index (χ1) is 26.9. The van der Waals surface area contributed by atoms with Gasteiger partial charge in [-0.1, -0.05) is 89.6 Å². The summed E-state index contributed by atoms with van der Waals surface area (Å²) < 4.78 is 68.3. The molecule has 7 nitrogen and oxygen atoms in total. The lowest BCUT2D eigenvalue weighted by Gasteiger charge is -2.10. The van der Waals surface area contributed by atoms with Gasteiger partial charge in [0, 0.05) is 45.1 Å². The Labute approximate surface area is 342 Å². The van der Waals surface area contributed by atoms with Crippen LogP contribution >= 0.6 is 46.4 Å². The van der Waals surface area contributed by atoms with Crippen LogP contribution in [0.2, 0.25) is 20.1 Å². The number of halogens is 6. The number of hydrogen-bond donors (Lipinski definition) is 1. The summed E-state index contributed by atoms with van der Waals surface area (Å²) in [6.45, 7) is 0. The van der Waals surface area contributed by atoms with Gasteiger partial charge in [-0.3, -0.25) is 4.55 Å². The molecule has 2 aliphatic carbocycles. The first kappa shape index (κ1) is 38.6. The molecular formula is C42H32Cl4F2N4O3S. The number of aromatic nitrogens is 4. The van der Waals surface area contributed by atoms with Gasteiger partial charge in [-0.05, 0) is 97.5 Å². The minimum Gasteiger partial charge on any atom is -0.282 e. The number of nitrogens with zero attached hydrogens (tertiary/aromatic N) is 4. The van der Waals surface area contributed by atoms with Crippen LogP contribution in [-0.4, -0.2) is 32.5 Å². The van der Waals surface area contributed by atoms with Crippen molar-refractivity contribution in [3.05, 3.63) is 145 Å². The molecule has 286 valence electrons. The quantitative estimate of drug-likeness (QED) is 0.0976. The highest BCUT2D eigenvalue weighted by Crippen LogP contribution is 2.45. The van der Waals surface area contributed by atoms with Gasteiger partial charge in [0.2, 0.25) is 0 Å². The molecule has 8 rings (SSSR count). The Hall–Kier alpha value is -4.29. The van der Waals surface area contributed by atoms with E-state index in [0.717, 1.165) is 41.6 Å². The van der Waals surface area contributed by atoms with E-state index in [1.54, 1.807) is 57.9 Å². The summed E-state index contributed by atoms with van der Waals surface area (Å²) in [7, 11) is -4.44. The average molecular weight is 853 g/mol. The molecule has 6 aromatic rings. The lowest BCUT2D eigenvalue weighted by molar-refractivity contribution is 0.483. The molecule has 0 saturated heterocycles. The number of allylic oxidation sites excluding steroid dienone is 2. The van der Waals surface area contributed by atoms with Crippen molar-refractivity contribution in [3.8, 4) is 33.9 Å². The van der Waals surface area contributed by atoms with Gasteiger partial charge < -0.3 is 0 Å². The number of fused-ring (bicyclic) bond motifs is 6. The van der Waals surface area contributed by atoms with Crippen molar-refractivity contribution in [2.24, 2.45) is 0 Å². The van der Waals surface area contributed by atoms with E-state index in [-0.39, 0.29) is 22.8 Å². The summed E-state index contributed by atoms with van der Waals surface area (Å²) in [4.78, 5) is -0.244. The molecule has 0 spiro atoms. The molecule has 56 heavy (non-hydrogen) atoms. The van der Waals surface area contributed by atoms with Gasteiger partial charge in [-0.15, -0.1) is 0 Å². The Morgan fingerprint density at radius 2 is 1.16 bits per heavy atom. The van der Waals surface area contributed by atoms with E-state index in [9.17, 15) is 13.0 Å². The van der Waals surface area contributed by atoms with Crippen molar-refractivity contribution >= 4 is 68.2 Å². The van der Waals surface area contributed by atoms with Crippen molar-refractivity contribution in [1.29, 1.82) is 0 Å². The molecule has 2 aliphatic rings. The summed E-state index contributed by atoms with van der Waals surface area (Å²) >= 11 is 25.4. The molecule has 0 saturated carbocycles. The van der Waals surface area contributed by atoms with Crippen LogP contribution in [0.1, 0.15) is 72.2 Å². The minimum atomic E-state index is -4.44. The second-order valence-electron chi connectivity index (χ2n) is 13.8. The maximum Gasteiger partial charge on any atom is 0.294 e. The second-order valence-corrected chi connectivity index (χ2v) is 16.9. The molecule has 0 atom stereocenters. The first-order valence-electron chi connectivity index (χ1n) is 17.9. The Bertz CT molecular complexity index is 2720. The van der Waals surface area contributed by atoms with E-state index in [0.29, 0.717) is 85.2 Å². The summed E-state index contributed by atoms with van der Waals surface area (Å²) in [5, 5.41) is 11.0. The van der Waals surface area contributed by atoms with Gasteiger partial charge in [0.05, 0.1) is 37.7 Å². The van der Waals surface area contributed by atoms with Crippen molar-refractivity contribution in [3.63, 3.8) is 0 Å². The summed E-state index contributed by atoms with van der Waals surface area (Å²) in [6.07, 6.45) is 7.93. The molecule has 2 heterocycles. The monoisotopic (exact) mass is 850 g/mol. The number of unbranched alkanes of at least 4 members (excludes halogenated alkanes) is 5. The Morgan fingerprint density at radius 3 is 1.68 bits per heavy atom. The molecule has 4 aromatic carbocycles. The van der Waals surface area contributed by atoms with Crippen LogP contribution in [-0.2, 0) is 23.0 Å². The fourth-order valence-corrected chi connectivity index (χ4v) is 9.02. The van der Waals surface area contributed by atoms with E-state index >= 15 is 8.78 Å². The Kier molecular flexibility index (Phi) is 10.7. The van der Waals surface area contributed by atoms with Gasteiger partial charge in [0.15, 0.2) is 0 Å². The molecular weight excluding hydrogens is 820 g/mol. The maximum absolute atomic E-state index is 15.9. The molecule has 0 aliphatic heterocycles. The van der Waals surface area contributed by atoms with Crippen LogP contribution in [0, 0.1) is 0 Å². The number of benzene rings is 4. The first-order valence-corrected chi connectivity index (χ1v) is 20.9. The normalized spacial score (nSPS) is 13.6. The topological polar surface area (TPSA) is 90.0 Å². The SMILES string of the molecule is O=S(=O)(O)c1ccc2c(c1)Cc1c(C(F)=CCCCCCCC=C(F)c3nn(-c4ccc(Cl)cc4Cl)c4c3Cc3ccccc3-4)nn(-c3ccc(Cl)cc3Cl)c1-2. The minimum absolute atomic E-state index is 0.131. The summed E-state index contributed by atoms with van der Waals surface area (Å²) in [5.74, 6) is -0.891. The molecule has 0 amide bonds. The van der Waals surface area contributed by atoms with Crippen LogP contribution in [0.5, 0.6) is 0 Å². The third-order valence-electron chi connectivity index (χ3n) is 10.1.